The Morgan fingerprint density at radius 3 is 2.42 bits per heavy atom. The second-order valence-corrected chi connectivity index (χ2v) is 9.31. The van der Waals surface area contributed by atoms with E-state index >= 15 is 0 Å². The van der Waals surface area contributed by atoms with Gasteiger partial charge in [-0.15, -0.1) is 0 Å². The van der Waals surface area contributed by atoms with Crippen molar-refractivity contribution in [1.82, 2.24) is 0 Å². The number of fused-ring (bicyclic) bond motifs is 1. The van der Waals surface area contributed by atoms with Crippen molar-refractivity contribution < 1.29 is 17.9 Å². The highest BCUT2D eigenvalue weighted by Crippen LogP contribution is 2.31. The Morgan fingerprint density at radius 2 is 1.74 bits per heavy atom. The number of amides is 1. The van der Waals surface area contributed by atoms with Crippen LogP contribution in [0.2, 0.25) is 5.02 Å². The zero-order valence-corrected chi connectivity index (χ0v) is 18.4. The van der Waals surface area contributed by atoms with E-state index in [2.05, 4.69) is 4.72 Å². The number of nitrogens with zero attached hydrogens (tertiary/aromatic N) is 1. The maximum atomic E-state index is 13.0. The predicted octanol–water partition coefficient (Wildman–Crippen LogP) is 4.74. The molecule has 0 saturated heterocycles. The van der Waals surface area contributed by atoms with Crippen LogP contribution in [0.25, 0.3) is 0 Å². The van der Waals surface area contributed by atoms with Gasteiger partial charge in [0.15, 0.2) is 0 Å². The summed E-state index contributed by atoms with van der Waals surface area (Å²) in [5, 5.41) is 0.565. The van der Waals surface area contributed by atoms with Crippen molar-refractivity contribution in [3.05, 3.63) is 82.9 Å². The molecule has 4 rings (SSSR count). The van der Waals surface area contributed by atoms with Crippen LogP contribution >= 0.6 is 11.6 Å². The molecule has 0 atom stereocenters. The first-order chi connectivity index (χ1) is 14.9. The standard InChI is InChI=1S/C23H21ClN2O4S/c1-30-20-10-8-19(9-11-20)25-31(28,29)21-12-13-22-17(15-21)3-2-14-26(22)23(27)16-4-6-18(24)7-5-16/h4-13,15,25H,2-3,14H2,1H3. The highest BCUT2D eigenvalue weighted by molar-refractivity contribution is 7.92. The van der Waals surface area contributed by atoms with Gasteiger partial charge in [0.2, 0.25) is 0 Å². The van der Waals surface area contributed by atoms with Crippen molar-refractivity contribution in [2.45, 2.75) is 17.7 Å². The van der Waals surface area contributed by atoms with Gasteiger partial charge in [0.25, 0.3) is 15.9 Å². The van der Waals surface area contributed by atoms with E-state index in [-0.39, 0.29) is 10.8 Å². The molecule has 1 aliphatic heterocycles. The SMILES string of the molecule is COc1ccc(NS(=O)(=O)c2ccc3c(c2)CCCN3C(=O)c2ccc(Cl)cc2)cc1. The van der Waals surface area contributed by atoms with Crippen LogP contribution in [-0.2, 0) is 16.4 Å². The van der Waals surface area contributed by atoms with E-state index in [1.54, 1.807) is 72.7 Å². The summed E-state index contributed by atoms with van der Waals surface area (Å²) in [5.74, 6) is 0.506. The molecular weight excluding hydrogens is 436 g/mol. The van der Waals surface area contributed by atoms with Crippen molar-refractivity contribution >= 4 is 38.9 Å². The Morgan fingerprint density at radius 1 is 1.03 bits per heavy atom. The summed E-state index contributed by atoms with van der Waals surface area (Å²) in [7, 11) is -2.22. The third kappa shape index (κ3) is 4.52. The topological polar surface area (TPSA) is 75.7 Å². The molecular formula is C23H21ClN2O4S. The number of benzene rings is 3. The van der Waals surface area contributed by atoms with E-state index in [4.69, 9.17) is 16.3 Å². The zero-order valence-electron chi connectivity index (χ0n) is 16.8. The lowest BCUT2D eigenvalue weighted by atomic mass is 10.0. The van der Waals surface area contributed by atoms with Gasteiger partial charge >= 0.3 is 0 Å². The Kier molecular flexibility index (Phi) is 5.89. The smallest absolute Gasteiger partial charge is 0.261 e. The van der Waals surface area contributed by atoms with Gasteiger partial charge in [-0.3, -0.25) is 9.52 Å². The van der Waals surface area contributed by atoms with Crippen LogP contribution in [0.5, 0.6) is 5.75 Å². The number of rotatable bonds is 5. The largest absolute Gasteiger partial charge is 0.497 e. The molecule has 1 amide bonds. The van der Waals surface area contributed by atoms with E-state index in [1.807, 2.05) is 0 Å². The van der Waals surface area contributed by atoms with Crippen molar-refractivity contribution in [3.63, 3.8) is 0 Å². The first-order valence-corrected chi connectivity index (χ1v) is 11.6. The molecule has 8 heteroatoms. The van der Waals surface area contributed by atoms with Crippen molar-refractivity contribution in [1.29, 1.82) is 0 Å². The number of hydrogen-bond donors (Lipinski definition) is 1. The molecule has 1 heterocycles. The number of halogens is 1. The summed E-state index contributed by atoms with van der Waals surface area (Å²) in [6.45, 7) is 0.574. The number of hydrogen-bond acceptors (Lipinski definition) is 4. The third-order valence-electron chi connectivity index (χ3n) is 5.16. The van der Waals surface area contributed by atoms with Gasteiger partial charge < -0.3 is 9.64 Å². The lowest BCUT2D eigenvalue weighted by molar-refractivity contribution is 0.0985. The van der Waals surface area contributed by atoms with Crippen LogP contribution in [0.4, 0.5) is 11.4 Å². The first-order valence-electron chi connectivity index (χ1n) is 9.74. The minimum atomic E-state index is -3.77. The number of carbonyl (C=O) groups excluding carboxylic acids is 1. The second-order valence-electron chi connectivity index (χ2n) is 7.19. The molecule has 0 bridgehead atoms. The van der Waals surface area contributed by atoms with Gasteiger partial charge in [-0.1, -0.05) is 11.6 Å². The summed E-state index contributed by atoms with van der Waals surface area (Å²) < 4.78 is 33.4. The molecule has 1 aliphatic rings. The summed E-state index contributed by atoms with van der Waals surface area (Å²) >= 11 is 5.92. The Labute approximate surface area is 186 Å². The van der Waals surface area contributed by atoms with E-state index < -0.39 is 10.0 Å². The Balaban J connectivity index is 1.60. The zero-order chi connectivity index (χ0) is 22.0. The van der Waals surface area contributed by atoms with Crippen molar-refractivity contribution in [3.8, 4) is 5.75 Å². The lowest BCUT2D eigenvalue weighted by Gasteiger charge is -2.30. The number of aryl methyl sites for hydroxylation is 1. The molecule has 0 aromatic heterocycles. The number of ether oxygens (including phenoxy) is 1. The first kappa shape index (κ1) is 21.2. The van der Waals surface area contributed by atoms with Crippen LogP contribution in [0.1, 0.15) is 22.3 Å². The van der Waals surface area contributed by atoms with E-state index in [0.29, 0.717) is 35.0 Å². The summed E-state index contributed by atoms with van der Waals surface area (Å²) in [6.07, 6.45) is 1.45. The summed E-state index contributed by atoms with van der Waals surface area (Å²) in [5.41, 5.74) is 2.54. The number of carbonyl (C=O) groups is 1. The highest BCUT2D eigenvalue weighted by atomic mass is 35.5. The van der Waals surface area contributed by atoms with Crippen molar-refractivity contribution in [2.24, 2.45) is 0 Å². The van der Waals surface area contributed by atoms with Gasteiger partial charge in [-0.2, -0.15) is 0 Å². The number of nitrogens with one attached hydrogen (secondary N) is 1. The van der Waals surface area contributed by atoms with Crippen LogP contribution in [-0.4, -0.2) is 28.0 Å². The fourth-order valence-corrected chi connectivity index (χ4v) is 4.81. The Hall–Kier alpha value is -3.03. The number of anilines is 2. The van der Waals surface area contributed by atoms with Crippen LogP contribution < -0.4 is 14.4 Å². The summed E-state index contributed by atoms with van der Waals surface area (Å²) in [6, 6.07) is 18.3. The normalized spacial score (nSPS) is 13.4. The average molecular weight is 457 g/mol. The van der Waals surface area contributed by atoms with Gasteiger partial charge in [-0.05, 0) is 85.1 Å². The molecule has 0 aliphatic carbocycles. The molecule has 160 valence electrons. The van der Waals surface area contributed by atoms with Gasteiger partial charge in [0.1, 0.15) is 5.75 Å². The maximum absolute atomic E-state index is 13.0. The van der Waals surface area contributed by atoms with Crippen LogP contribution in [0.3, 0.4) is 0 Å². The highest BCUT2D eigenvalue weighted by Gasteiger charge is 2.25. The molecule has 0 radical (unpaired) electrons. The molecule has 3 aromatic rings. The van der Waals surface area contributed by atoms with Crippen LogP contribution in [0, 0.1) is 0 Å². The van der Waals surface area contributed by atoms with Gasteiger partial charge in [0.05, 0.1) is 12.0 Å². The van der Waals surface area contributed by atoms with Crippen LogP contribution in [0.15, 0.2) is 71.6 Å². The van der Waals surface area contributed by atoms with Crippen molar-refractivity contribution in [2.75, 3.05) is 23.3 Å². The quantitative estimate of drug-likeness (QED) is 0.601. The Bertz CT molecular complexity index is 1210. The molecule has 0 saturated carbocycles. The molecule has 1 N–H and O–H groups in total. The van der Waals surface area contributed by atoms with E-state index in [9.17, 15) is 13.2 Å². The van der Waals surface area contributed by atoms with E-state index in [0.717, 1.165) is 17.7 Å². The molecule has 3 aromatic carbocycles. The minimum absolute atomic E-state index is 0.135. The summed E-state index contributed by atoms with van der Waals surface area (Å²) in [4.78, 5) is 14.8. The second kappa shape index (κ2) is 8.61. The molecule has 0 fully saturated rings. The van der Waals surface area contributed by atoms with E-state index in [1.165, 1.54) is 6.07 Å². The molecule has 6 nitrogen and oxygen atoms in total. The molecule has 31 heavy (non-hydrogen) atoms. The minimum Gasteiger partial charge on any atom is -0.497 e. The van der Waals surface area contributed by atoms with Gasteiger partial charge in [0, 0.05) is 28.5 Å². The predicted molar refractivity (Wildman–Crippen MR) is 122 cm³/mol. The fourth-order valence-electron chi connectivity index (χ4n) is 3.57. The number of sulfonamides is 1. The third-order valence-corrected chi connectivity index (χ3v) is 6.79. The maximum Gasteiger partial charge on any atom is 0.261 e. The average Bonchev–Trinajstić information content (AvgIpc) is 2.78. The molecule has 0 unspecified atom stereocenters. The number of methoxy groups -OCH3 is 1. The molecule has 0 spiro atoms. The fraction of sp³-hybridized carbons (Fsp3) is 0.174. The van der Waals surface area contributed by atoms with Gasteiger partial charge in [-0.25, -0.2) is 8.42 Å². The lowest BCUT2D eigenvalue weighted by Crippen LogP contribution is -2.35. The monoisotopic (exact) mass is 456 g/mol.